The number of rotatable bonds is 0. The summed E-state index contributed by atoms with van der Waals surface area (Å²) in [5.41, 5.74) is 4.12. The zero-order valence-corrected chi connectivity index (χ0v) is 9.57. The number of nitrogens with zero attached hydrogens (tertiary/aromatic N) is 2. The minimum Gasteiger partial charge on any atom is -0.235 e. The Morgan fingerprint density at radius 2 is 1.75 bits per heavy atom. The van der Waals surface area contributed by atoms with Gasteiger partial charge in [-0.25, -0.2) is 4.98 Å². The van der Waals surface area contributed by atoms with Crippen molar-refractivity contribution in [3.8, 4) is 0 Å². The van der Waals surface area contributed by atoms with Crippen molar-refractivity contribution in [1.29, 1.82) is 0 Å². The highest BCUT2D eigenvalue weighted by atomic mass is 35.5. The molecular formula is C13H10ClN2+. The first kappa shape index (κ1) is 9.55. The Morgan fingerprint density at radius 3 is 2.62 bits per heavy atom. The van der Waals surface area contributed by atoms with Gasteiger partial charge in [-0.2, -0.15) is 4.57 Å². The monoisotopic (exact) mass is 229 g/mol. The Kier molecular flexibility index (Phi) is 2.04. The fourth-order valence-electron chi connectivity index (χ4n) is 1.97. The Bertz CT molecular complexity index is 692. The number of aromatic nitrogens is 2. The molecule has 1 heterocycles. The fourth-order valence-corrected chi connectivity index (χ4v) is 2.14. The van der Waals surface area contributed by atoms with Crippen LogP contribution in [0.5, 0.6) is 0 Å². The summed E-state index contributed by atoms with van der Waals surface area (Å²) in [7, 11) is 2.04. The zero-order valence-electron chi connectivity index (χ0n) is 8.81. The lowest BCUT2D eigenvalue weighted by Crippen LogP contribution is -2.30. The molecule has 78 valence electrons. The van der Waals surface area contributed by atoms with E-state index >= 15 is 0 Å². The first-order valence-electron chi connectivity index (χ1n) is 5.10. The van der Waals surface area contributed by atoms with Crippen molar-refractivity contribution in [2.24, 2.45) is 7.05 Å². The van der Waals surface area contributed by atoms with Crippen LogP contribution in [0.1, 0.15) is 0 Å². The average molecular weight is 230 g/mol. The lowest BCUT2D eigenvalue weighted by atomic mass is 10.2. The van der Waals surface area contributed by atoms with Gasteiger partial charge in [-0.3, -0.25) is 0 Å². The number of hydrogen-bond acceptors (Lipinski definition) is 1. The number of hydrogen-bond donors (Lipinski definition) is 0. The average Bonchev–Trinajstić information content (AvgIpc) is 2.29. The molecule has 0 aliphatic heterocycles. The molecule has 2 nitrogen and oxygen atoms in total. The van der Waals surface area contributed by atoms with Gasteiger partial charge in [0.2, 0.25) is 11.0 Å². The number of halogens is 1. The van der Waals surface area contributed by atoms with Crippen molar-refractivity contribution in [2.75, 3.05) is 0 Å². The van der Waals surface area contributed by atoms with E-state index in [1.165, 1.54) is 0 Å². The van der Waals surface area contributed by atoms with E-state index in [9.17, 15) is 0 Å². The molecule has 3 rings (SSSR count). The van der Waals surface area contributed by atoms with Gasteiger partial charge in [0, 0.05) is 17.2 Å². The summed E-state index contributed by atoms with van der Waals surface area (Å²) in [6.07, 6.45) is 0. The van der Waals surface area contributed by atoms with E-state index in [4.69, 9.17) is 11.6 Å². The van der Waals surface area contributed by atoms with Gasteiger partial charge in [0.25, 0.3) is 0 Å². The molecule has 0 fully saturated rings. The second-order valence-electron chi connectivity index (χ2n) is 3.79. The quantitative estimate of drug-likeness (QED) is 0.428. The van der Waals surface area contributed by atoms with Gasteiger partial charge in [-0.1, -0.05) is 23.7 Å². The van der Waals surface area contributed by atoms with Gasteiger partial charge in [0.1, 0.15) is 18.1 Å². The molecule has 0 saturated heterocycles. The van der Waals surface area contributed by atoms with Gasteiger partial charge in [-0.05, 0) is 18.2 Å². The maximum atomic E-state index is 5.97. The summed E-state index contributed by atoms with van der Waals surface area (Å²) < 4.78 is 2.13. The van der Waals surface area contributed by atoms with Crippen molar-refractivity contribution in [1.82, 2.24) is 4.98 Å². The molecule has 1 aromatic heterocycles. The number of aryl methyl sites for hydroxylation is 1. The third-order valence-electron chi connectivity index (χ3n) is 2.78. The van der Waals surface area contributed by atoms with Gasteiger partial charge in [0.15, 0.2) is 0 Å². The number of fused-ring (bicyclic) bond motifs is 2. The highest BCUT2D eigenvalue weighted by Gasteiger charge is 2.11. The number of para-hydroxylation sites is 2. The molecule has 0 bridgehead atoms. The largest absolute Gasteiger partial charge is 0.235 e. The first-order valence-corrected chi connectivity index (χ1v) is 5.47. The van der Waals surface area contributed by atoms with Crippen LogP contribution in [0.25, 0.3) is 22.1 Å². The highest BCUT2D eigenvalue weighted by molar-refractivity contribution is 6.31. The summed E-state index contributed by atoms with van der Waals surface area (Å²) >= 11 is 5.97. The maximum absolute atomic E-state index is 5.97. The van der Waals surface area contributed by atoms with E-state index in [2.05, 4.69) is 15.6 Å². The van der Waals surface area contributed by atoms with Crippen molar-refractivity contribution < 1.29 is 4.57 Å². The molecule has 0 unspecified atom stereocenters. The van der Waals surface area contributed by atoms with Crippen LogP contribution < -0.4 is 4.57 Å². The highest BCUT2D eigenvalue weighted by Crippen LogP contribution is 2.17. The summed E-state index contributed by atoms with van der Waals surface area (Å²) in [4.78, 5) is 4.59. The Balaban J connectivity index is 2.55. The summed E-state index contributed by atoms with van der Waals surface area (Å²) in [5, 5.41) is 0.718. The van der Waals surface area contributed by atoms with Crippen LogP contribution >= 0.6 is 11.6 Å². The normalized spacial score (nSPS) is 11.1. The second kappa shape index (κ2) is 3.42. The molecule has 0 amide bonds. The second-order valence-corrected chi connectivity index (χ2v) is 4.23. The molecule has 0 aliphatic carbocycles. The van der Waals surface area contributed by atoms with E-state index in [1.54, 1.807) is 0 Å². The topological polar surface area (TPSA) is 16.8 Å². The third kappa shape index (κ3) is 1.34. The first-order chi connectivity index (χ1) is 7.75. The maximum Gasteiger partial charge on any atom is 0.231 e. The Morgan fingerprint density at radius 1 is 1.00 bits per heavy atom. The van der Waals surface area contributed by atoms with Gasteiger partial charge < -0.3 is 0 Å². The smallest absolute Gasteiger partial charge is 0.231 e. The summed E-state index contributed by atoms with van der Waals surface area (Å²) in [6.45, 7) is 0. The molecule has 2 aromatic carbocycles. The molecule has 0 atom stereocenters. The molecule has 3 heteroatoms. The molecule has 16 heavy (non-hydrogen) atoms. The van der Waals surface area contributed by atoms with Gasteiger partial charge in [-0.15, -0.1) is 0 Å². The molecule has 0 aliphatic rings. The van der Waals surface area contributed by atoms with Crippen LogP contribution in [-0.4, -0.2) is 4.98 Å². The SMILES string of the molecule is C[n+]1c2ccccc2nc2cc(Cl)ccc21. The van der Waals surface area contributed by atoms with Crippen molar-refractivity contribution >= 4 is 33.7 Å². The lowest BCUT2D eigenvalue weighted by Gasteiger charge is -2.00. The third-order valence-corrected chi connectivity index (χ3v) is 3.02. The van der Waals surface area contributed by atoms with Crippen LogP contribution in [0.3, 0.4) is 0 Å². The van der Waals surface area contributed by atoms with Crippen LogP contribution in [0.4, 0.5) is 0 Å². The van der Waals surface area contributed by atoms with E-state index in [0.717, 1.165) is 27.1 Å². The fraction of sp³-hybridized carbons (Fsp3) is 0.0769. The van der Waals surface area contributed by atoms with Crippen LogP contribution in [0.2, 0.25) is 5.02 Å². The molecule has 0 spiro atoms. The van der Waals surface area contributed by atoms with Crippen LogP contribution in [-0.2, 0) is 7.05 Å². The van der Waals surface area contributed by atoms with Gasteiger partial charge in [0.05, 0.1) is 0 Å². The zero-order chi connectivity index (χ0) is 11.1. The minimum atomic E-state index is 0.718. The predicted octanol–water partition coefficient (Wildman–Crippen LogP) is 2.87. The standard InChI is InChI=1S/C13H10ClN2/c1-16-12-5-3-2-4-10(12)15-11-8-9(14)6-7-13(11)16/h2-8H,1H3/q+1. The number of benzene rings is 2. The van der Waals surface area contributed by atoms with Crippen LogP contribution in [0, 0.1) is 0 Å². The molecular weight excluding hydrogens is 220 g/mol. The van der Waals surface area contributed by atoms with Crippen molar-refractivity contribution in [2.45, 2.75) is 0 Å². The molecule has 0 radical (unpaired) electrons. The van der Waals surface area contributed by atoms with Crippen LogP contribution in [0.15, 0.2) is 42.5 Å². The van der Waals surface area contributed by atoms with E-state index in [0.29, 0.717) is 0 Å². The predicted molar refractivity (Wildman–Crippen MR) is 65.4 cm³/mol. The summed E-state index contributed by atoms with van der Waals surface area (Å²) in [5.74, 6) is 0. The van der Waals surface area contributed by atoms with Gasteiger partial charge >= 0.3 is 0 Å². The van der Waals surface area contributed by atoms with E-state index in [-0.39, 0.29) is 0 Å². The Labute approximate surface area is 98.1 Å². The van der Waals surface area contributed by atoms with E-state index < -0.39 is 0 Å². The van der Waals surface area contributed by atoms with Crippen molar-refractivity contribution in [3.63, 3.8) is 0 Å². The summed E-state index contributed by atoms with van der Waals surface area (Å²) in [6, 6.07) is 13.9. The minimum absolute atomic E-state index is 0.718. The Hall–Kier alpha value is -1.67. The van der Waals surface area contributed by atoms with Crippen molar-refractivity contribution in [3.05, 3.63) is 47.5 Å². The lowest BCUT2D eigenvalue weighted by molar-refractivity contribution is -0.617. The molecule has 0 N–H and O–H groups in total. The molecule has 3 aromatic rings. The van der Waals surface area contributed by atoms with E-state index in [1.807, 2.05) is 43.4 Å². The molecule has 0 saturated carbocycles.